The molecule has 4 heterocycles. The van der Waals surface area contributed by atoms with Gasteiger partial charge in [0.25, 0.3) is 5.56 Å². The summed E-state index contributed by atoms with van der Waals surface area (Å²) in [5.41, 5.74) is 5.29. The van der Waals surface area contributed by atoms with Gasteiger partial charge in [-0.1, -0.05) is 52.9 Å². The Morgan fingerprint density at radius 2 is 1.84 bits per heavy atom. The molecule has 1 saturated carbocycles. The molecule has 3 unspecified atom stereocenters. The lowest BCUT2D eigenvalue weighted by atomic mass is 9.81. The molecule has 276 valence electrons. The lowest BCUT2D eigenvalue weighted by molar-refractivity contribution is -0.436. The molecule has 1 aromatic carbocycles. The average molecular weight is 708 g/mol. The SMILES string of the molecule is CCC(CC)CC(C)(O)OOC1CCCCC1.CCC1C(=O)OCc2c1cc1n(c2=O)Cc2c-1nc1cc(F)c(C)c3c1c2C(NC(=O)O)CC3. The van der Waals surface area contributed by atoms with Crippen molar-refractivity contribution in [2.45, 2.75) is 142 Å². The Kier molecular flexibility index (Phi) is 10.9. The summed E-state index contributed by atoms with van der Waals surface area (Å²) < 4.78 is 21.6. The summed E-state index contributed by atoms with van der Waals surface area (Å²) in [4.78, 5) is 52.8. The van der Waals surface area contributed by atoms with Crippen LogP contribution < -0.4 is 10.9 Å². The molecule has 51 heavy (non-hydrogen) atoms. The van der Waals surface area contributed by atoms with Crippen LogP contribution in [0.4, 0.5) is 9.18 Å². The van der Waals surface area contributed by atoms with Crippen LogP contribution in [0.2, 0.25) is 0 Å². The minimum absolute atomic E-state index is 0.0693. The molecule has 2 aliphatic heterocycles. The van der Waals surface area contributed by atoms with Gasteiger partial charge in [0, 0.05) is 23.4 Å². The number of aryl methyl sites for hydroxylation is 1. The van der Waals surface area contributed by atoms with Crippen molar-refractivity contribution in [3.05, 3.63) is 61.7 Å². The smallest absolute Gasteiger partial charge is 0.405 e. The van der Waals surface area contributed by atoms with Crippen molar-refractivity contribution < 1.29 is 38.7 Å². The first-order valence-electron chi connectivity index (χ1n) is 18.5. The molecule has 7 rings (SSSR count). The Hall–Kier alpha value is -3.87. The third kappa shape index (κ3) is 7.27. The monoisotopic (exact) mass is 707 g/mol. The number of nitrogens with one attached hydrogen (secondary N) is 1. The van der Waals surface area contributed by atoms with Crippen molar-refractivity contribution in [3.8, 4) is 11.4 Å². The van der Waals surface area contributed by atoms with E-state index in [4.69, 9.17) is 19.5 Å². The fraction of sp³-hybridized carbons (Fsp3) is 0.590. The number of aromatic nitrogens is 2. The predicted molar refractivity (Wildman–Crippen MR) is 189 cm³/mol. The molecule has 0 radical (unpaired) electrons. The number of rotatable bonds is 9. The van der Waals surface area contributed by atoms with Crippen molar-refractivity contribution in [2.24, 2.45) is 5.92 Å². The normalized spacial score (nSPS) is 20.5. The summed E-state index contributed by atoms with van der Waals surface area (Å²) in [7, 11) is 0. The maximum Gasteiger partial charge on any atom is 0.405 e. The molecule has 3 atom stereocenters. The van der Waals surface area contributed by atoms with Crippen LogP contribution in [0.15, 0.2) is 16.9 Å². The van der Waals surface area contributed by atoms with Crippen molar-refractivity contribution in [1.29, 1.82) is 0 Å². The maximum absolute atomic E-state index is 14.8. The Morgan fingerprint density at radius 1 is 1.12 bits per heavy atom. The Bertz CT molecular complexity index is 1880. The second-order valence-electron chi connectivity index (χ2n) is 14.7. The van der Waals surface area contributed by atoms with Crippen molar-refractivity contribution in [1.82, 2.24) is 14.9 Å². The molecular formula is C39H50FN3O8. The van der Waals surface area contributed by atoms with Gasteiger partial charge in [-0.15, -0.1) is 0 Å². The number of pyridine rings is 2. The van der Waals surface area contributed by atoms with E-state index >= 15 is 0 Å². The van der Waals surface area contributed by atoms with E-state index in [1.54, 1.807) is 18.4 Å². The molecule has 2 aromatic heterocycles. The molecule has 1 fully saturated rings. The molecule has 12 heteroatoms. The first-order valence-corrected chi connectivity index (χ1v) is 18.5. The van der Waals surface area contributed by atoms with Crippen LogP contribution in [0, 0.1) is 18.7 Å². The van der Waals surface area contributed by atoms with Crippen LogP contribution in [0.25, 0.3) is 22.3 Å². The van der Waals surface area contributed by atoms with Crippen molar-refractivity contribution >= 4 is 23.0 Å². The zero-order valence-corrected chi connectivity index (χ0v) is 30.3. The van der Waals surface area contributed by atoms with E-state index in [0.717, 1.165) is 47.8 Å². The highest BCUT2D eigenvalue weighted by Gasteiger charge is 2.38. The average Bonchev–Trinajstić information content (AvgIpc) is 3.48. The van der Waals surface area contributed by atoms with Gasteiger partial charge in [0.15, 0.2) is 5.79 Å². The lowest BCUT2D eigenvalue weighted by Gasteiger charge is -2.29. The number of carboxylic acid groups (broad SMARTS) is 1. The molecule has 2 aliphatic carbocycles. The number of aliphatic hydroxyl groups is 1. The Labute approximate surface area is 297 Å². The van der Waals surface area contributed by atoms with Crippen molar-refractivity contribution in [3.63, 3.8) is 0 Å². The van der Waals surface area contributed by atoms with Crippen LogP contribution in [-0.2, 0) is 38.9 Å². The molecule has 3 aromatic rings. The number of hydrogen-bond donors (Lipinski definition) is 3. The van der Waals surface area contributed by atoms with Crippen LogP contribution in [0.5, 0.6) is 0 Å². The van der Waals surface area contributed by atoms with Gasteiger partial charge in [0.1, 0.15) is 12.4 Å². The minimum atomic E-state index is -1.14. The van der Waals surface area contributed by atoms with E-state index < -0.39 is 23.8 Å². The first kappa shape index (κ1) is 36.9. The molecule has 4 aliphatic rings. The zero-order valence-electron chi connectivity index (χ0n) is 30.3. The summed E-state index contributed by atoms with van der Waals surface area (Å²) in [5.74, 6) is -1.89. The number of esters is 1. The summed E-state index contributed by atoms with van der Waals surface area (Å²) in [6.07, 6.45) is 9.15. The topological polar surface area (TPSA) is 149 Å². The van der Waals surface area contributed by atoms with Gasteiger partial charge >= 0.3 is 12.1 Å². The lowest BCUT2D eigenvalue weighted by Crippen LogP contribution is -2.33. The molecule has 0 saturated heterocycles. The van der Waals surface area contributed by atoms with E-state index in [9.17, 15) is 29.0 Å². The minimum Gasteiger partial charge on any atom is -0.465 e. The van der Waals surface area contributed by atoms with Gasteiger partial charge in [-0.2, -0.15) is 0 Å². The van der Waals surface area contributed by atoms with Crippen LogP contribution in [0.1, 0.15) is 137 Å². The largest absolute Gasteiger partial charge is 0.465 e. The van der Waals surface area contributed by atoms with Gasteiger partial charge in [-0.05, 0) is 80.2 Å². The zero-order chi connectivity index (χ0) is 36.6. The van der Waals surface area contributed by atoms with Gasteiger partial charge in [0.2, 0.25) is 0 Å². The van der Waals surface area contributed by atoms with E-state index in [0.29, 0.717) is 65.2 Å². The Balaban J connectivity index is 0.000000224. The number of amides is 1. The fourth-order valence-corrected chi connectivity index (χ4v) is 8.35. The van der Waals surface area contributed by atoms with Gasteiger partial charge in [0.05, 0.1) is 47.1 Å². The van der Waals surface area contributed by atoms with Crippen molar-refractivity contribution in [2.75, 3.05) is 0 Å². The molecule has 0 bridgehead atoms. The number of halogens is 1. The summed E-state index contributed by atoms with van der Waals surface area (Å²) >= 11 is 0. The number of fused-ring (bicyclic) bond motifs is 5. The predicted octanol–water partition coefficient (Wildman–Crippen LogP) is 7.48. The highest BCUT2D eigenvalue weighted by atomic mass is 19.1. The third-order valence-corrected chi connectivity index (χ3v) is 11.2. The number of hydrogen-bond acceptors (Lipinski definition) is 8. The highest BCUT2D eigenvalue weighted by Crippen LogP contribution is 2.45. The summed E-state index contributed by atoms with van der Waals surface area (Å²) in [6, 6.07) is 2.71. The maximum atomic E-state index is 14.8. The van der Waals surface area contributed by atoms with Gasteiger partial charge in [-0.25, -0.2) is 23.9 Å². The number of benzene rings is 1. The molecule has 3 N–H and O–H groups in total. The van der Waals surface area contributed by atoms with E-state index in [1.807, 2.05) is 13.0 Å². The number of carbonyl (C=O) groups is 2. The summed E-state index contributed by atoms with van der Waals surface area (Å²) in [6.45, 7) is 9.74. The fourth-order valence-electron chi connectivity index (χ4n) is 8.35. The van der Waals surface area contributed by atoms with E-state index in [1.165, 1.54) is 25.3 Å². The molecule has 1 amide bonds. The summed E-state index contributed by atoms with van der Waals surface area (Å²) in [5, 5.41) is 23.0. The molecular weight excluding hydrogens is 657 g/mol. The second-order valence-corrected chi connectivity index (χ2v) is 14.7. The van der Waals surface area contributed by atoms with E-state index in [2.05, 4.69) is 19.2 Å². The van der Waals surface area contributed by atoms with Crippen LogP contribution >= 0.6 is 0 Å². The second kappa shape index (κ2) is 15.0. The highest BCUT2D eigenvalue weighted by molar-refractivity contribution is 5.93. The number of cyclic esters (lactones) is 1. The number of nitrogens with zero attached hydrogens (tertiary/aromatic N) is 2. The molecule has 11 nitrogen and oxygen atoms in total. The van der Waals surface area contributed by atoms with Crippen LogP contribution in [0.3, 0.4) is 0 Å². The third-order valence-electron chi connectivity index (χ3n) is 11.2. The standard InChI is InChI=1S/C25H22FN3O5.C14H28O3/c1-3-11-13-6-19-22-14(8-29(19)23(30)15(13)9-34-24(11)31)21-17(28-25(32)33)5-4-12-10(2)16(26)7-18(27-22)20(12)21;1-4-12(5-2)11-14(3,15)17-16-13-9-7-6-8-10-13/h6-7,11,17,28H,3-5,8-9H2,1-2H3,(H,32,33);12-13,15H,4-11H2,1-3H3. The number of ether oxygens (including phenoxy) is 1. The quantitative estimate of drug-likeness (QED) is 0.0697. The van der Waals surface area contributed by atoms with Gasteiger partial charge in [-0.3, -0.25) is 9.59 Å². The van der Waals surface area contributed by atoms with E-state index in [-0.39, 0.29) is 36.6 Å². The first-order chi connectivity index (χ1) is 24.4. The van der Waals surface area contributed by atoms with Crippen LogP contribution in [-0.4, -0.2) is 43.7 Å². The number of carbonyl (C=O) groups excluding carboxylic acids is 1. The van der Waals surface area contributed by atoms with Gasteiger partial charge < -0.3 is 24.8 Å². The molecule has 0 spiro atoms. The Morgan fingerprint density at radius 3 is 2.51 bits per heavy atom.